The molecule has 0 bridgehead atoms. The van der Waals surface area contributed by atoms with Gasteiger partial charge < -0.3 is 11.1 Å². The second-order valence-corrected chi connectivity index (χ2v) is 7.77. The Morgan fingerprint density at radius 2 is 2.04 bits per heavy atom. The van der Waals surface area contributed by atoms with Crippen molar-refractivity contribution < 1.29 is 4.79 Å². The third-order valence-electron chi connectivity index (χ3n) is 5.34. The van der Waals surface area contributed by atoms with E-state index in [0.717, 1.165) is 19.5 Å². The van der Waals surface area contributed by atoms with Gasteiger partial charge in [-0.25, -0.2) is 0 Å². The van der Waals surface area contributed by atoms with E-state index in [1.807, 2.05) is 0 Å². The number of carbonyl (C=O) groups is 1. The van der Waals surface area contributed by atoms with Crippen molar-refractivity contribution in [1.29, 1.82) is 0 Å². The second-order valence-electron chi connectivity index (χ2n) is 7.77. The fourth-order valence-corrected chi connectivity index (χ4v) is 3.53. The van der Waals surface area contributed by atoms with Gasteiger partial charge in [0.25, 0.3) is 0 Å². The molecular weight excluding hydrogens is 322 g/mol. The summed E-state index contributed by atoms with van der Waals surface area (Å²) >= 11 is 0. The van der Waals surface area contributed by atoms with Crippen LogP contribution in [0, 0.1) is 18.3 Å². The van der Waals surface area contributed by atoms with E-state index < -0.39 is 0 Å². The van der Waals surface area contributed by atoms with E-state index in [1.54, 1.807) is 0 Å². The van der Waals surface area contributed by atoms with Crippen LogP contribution in [0.5, 0.6) is 0 Å². The van der Waals surface area contributed by atoms with Crippen LogP contribution in [-0.2, 0) is 4.79 Å². The molecule has 2 fully saturated rings. The van der Waals surface area contributed by atoms with Gasteiger partial charge in [0, 0.05) is 6.54 Å². The van der Waals surface area contributed by atoms with Crippen LogP contribution < -0.4 is 11.1 Å². The molecule has 1 heterocycles. The molecule has 5 heteroatoms. The van der Waals surface area contributed by atoms with E-state index >= 15 is 0 Å². The fraction of sp³-hybridized carbons (Fsp3) is 0.632. The SMILES string of the molecule is Cc1ccc(C(NC(=O)CN2CCC(C)(CN)C2)C2CC2)cc1.Cl. The van der Waals surface area contributed by atoms with Crippen LogP contribution in [0.15, 0.2) is 24.3 Å². The van der Waals surface area contributed by atoms with Crippen molar-refractivity contribution in [3.63, 3.8) is 0 Å². The number of nitrogens with one attached hydrogen (secondary N) is 1. The van der Waals surface area contributed by atoms with Crippen LogP contribution in [0.3, 0.4) is 0 Å². The highest BCUT2D eigenvalue weighted by Gasteiger charge is 2.36. The van der Waals surface area contributed by atoms with E-state index in [0.29, 0.717) is 19.0 Å². The minimum Gasteiger partial charge on any atom is -0.348 e. The van der Waals surface area contributed by atoms with E-state index in [9.17, 15) is 4.79 Å². The average Bonchev–Trinajstić information content (AvgIpc) is 3.30. The number of likely N-dealkylation sites (tertiary alicyclic amines) is 1. The lowest BCUT2D eigenvalue weighted by Gasteiger charge is -2.24. The number of amides is 1. The summed E-state index contributed by atoms with van der Waals surface area (Å²) in [6, 6.07) is 8.74. The Morgan fingerprint density at radius 3 is 2.58 bits per heavy atom. The third-order valence-corrected chi connectivity index (χ3v) is 5.34. The summed E-state index contributed by atoms with van der Waals surface area (Å²) in [4.78, 5) is 14.7. The molecule has 1 saturated carbocycles. The Kier molecular flexibility index (Phi) is 6.29. The lowest BCUT2D eigenvalue weighted by atomic mass is 9.90. The van der Waals surface area contributed by atoms with Gasteiger partial charge in [0.2, 0.25) is 5.91 Å². The van der Waals surface area contributed by atoms with Crippen LogP contribution in [0.1, 0.15) is 43.4 Å². The summed E-state index contributed by atoms with van der Waals surface area (Å²) in [7, 11) is 0. The summed E-state index contributed by atoms with van der Waals surface area (Å²) in [5.41, 5.74) is 8.52. The van der Waals surface area contributed by atoms with E-state index in [1.165, 1.54) is 24.0 Å². The maximum Gasteiger partial charge on any atom is 0.234 e. The molecule has 1 saturated heterocycles. The Labute approximate surface area is 151 Å². The molecule has 2 aliphatic rings. The van der Waals surface area contributed by atoms with Crippen LogP contribution in [0.4, 0.5) is 0 Å². The first-order valence-electron chi connectivity index (χ1n) is 8.77. The first-order valence-corrected chi connectivity index (χ1v) is 8.77. The van der Waals surface area contributed by atoms with Gasteiger partial charge in [0.1, 0.15) is 0 Å². The standard InChI is InChI=1S/C19H29N3O.ClH/c1-14-3-5-15(6-4-14)18(16-7-8-16)21-17(23)11-22-10-9-19(2,12-20)13-22;/h3-6,16,18H,7-13,20H2,1-2H3,(H,21,23);1H. The van der Waals surface area contributed by atoms with Gasteiger partial charge in [-0.2, -0.15) is 0 Å². The topological polar surface area (TPSA) is 58.4 Å². The minimum atomic E-state index is 0. The summed E-state index contributed by atoms with van der Waals surface area (Å²) < 4.78 is 0. The van der Waals surface area contributed by atoms with Crippen LogP contribution in [-0.4, -0.2) is 37.0 Å². The Hall–Kier alpha value is -1.10. The highest BCUT2D eigenvalue weighted by Crippen LogP contribution is 2.41. The number of nitrogens with two attached hydrogens (primary N) is 1. The number of benzene rings is 1. The zero-order valence-electron chi connectivity index (χ0n) is 14.8. The van der Waals surface area contributed by atoms with Gasteiger partial charge in [-0.1, -0.05) is 36.8 Å². The highest BCUT2D eigenvalue weighted by molar-refractivity contribution is 5.85. The Morgan fingerprint density at radius 1 is 1.38 bits per heavy atom. The second kappa shape index (κ2) is 7.85. The van der Waals surface area contributed by atoms with Crippen molar-refractivity contribution in [3.05, 3.63) is 35.4 Å². The van der Waals surface area contributed by atoms with Gasteiger partial charge in [0.15, 0.2) is 0 Å². The molecule has 3 rings (SSSR count). The largest absolute Gasteiger partial charge is 0.348 e. The molecule has 1 aliphatic carbocycles. The summed E-state index contributed by atoms with van der Waals surface area (Å²) in [5, 5.41) is 3.28. The summed E-state index contributed by atoms with van der Waals surface area (Å²) in [5.74, 6) is 0.748. The minimum absolute atomic E-state index is 0. The van der Waals surface area contributed by atoms with Gasteiger partial charge in [0.05, 0.1) is 12.6 Å². The number of hydrogen-bond donors (Lipinski definition) is 2. The first kappa shape index (κ1) is 19.2. The van der Waals surface area contributed by atoms with Gasteiger partial charge >= 0.3 is 0 Å². The maximum absolute atomic E-state index is 12.5. The molecule has 2 atom stereocenters. The van der Waals surface area contributed by atoms with Crippen LogP contribution in [0.2, 0.25) is 0 Å². The molecular formula is C19H30ClN3O. The molecule has 134 valence electrons. The van der Waals surface area contributed by atoms with E-state index in [2.05, 4.69) is 48.3 Å². The number of hydrogen-bond acceptors (Lipinski definition) is 3. The molecule has 0 aromatic heterocycles. The predicted molar refractivity (Wildman–Crippen MR) is 100 cm³/mol. The van der Waals surface area contributed by atoms with Gasteiger partial charge in [-0.05, 0) is 56.2 Å². The molecule has 0 spiro atoms. The summed E-state index contributed by atoms with van der Waals surface area (Å²) in [6.45, 7) is 7.39. The van der Waals surface area contributed by atoms with Crippen molar-refractivity contribution in [1.82, 2.24) is 10.2 Å². The molecule has 2 unspecified atom stereocenters. The number of nitrogens with zero attached hydrogens (tertiary/aromatic N) is 1. The normalized spacial score (nSPS) is 25.1. The van der Waals surface area contributed by atoms with Crippen molar-refractivity contribution in [2.45, 2.75) is 39.2 Å². The Balaban J connectivity index is 0.00000208. The third kappa shape index (κ3) is 4.71. The van der Waals surface area contributed by atoms with Gasteiger partial charge in [-0.15, -0.1) is 12.4 Å². The molecule has 1 aliphatic heterocycles. The van der Waals surface area contributed by atoms with Crippen LogP contribution in [0.25, 0.3) is 0 Å². The van der Waals surface area contributed by atoms with Crippen molar-refractivity contribution in [2.75, 3.05) is 26.2 Å². The first-order chi connectivity index (χ1) is 11.0. The quantitative estimate of drug-likeness (QED) is 0.828. The van der Waals surface area contributed by atoms with Crippen molar-refractivity contribution in [2.24, 2.45) is 17.1 Å². The smallest absolute Gasteiger partial charge is 0.234 e. The molecule has 0 radical (unpaired) electrons. The molecule has 1 aromatic carbocycles. The summed E-state index contributed by atoms with van der Waals surface area (Å²) in [6.07, 6.45) is 3.52. The van der Waals surface area contributed by atoms with Gasteiger partial charge in [-0.3, -0.25) is 9.69 Å². The molecule has 1 aromatic rings. The molecule has 3 N–H and O–H groups in total. The lowest BCUT2D eigenvalue weighted by molar-refractivity contribution is -0.123. The highest BCUT2D eigenvalue weighted by atomic mass is 35.5. The molecule has 1 amide bonds. The zero-order valence-corrected chi connectivity index (χ0v) is 15.6. The fourth-order valence-electron chi connectivity index (χ4n) is 3.53. The van der Waals surface area contributed by atoms with E-state index in [-0.39, 0.29) is 29.8 Å². The lowest BCUT2D eigenvalue weighted by Crippen LogP contribution is -2.40. The average molecular weight is 352 g/mol. The number of halogens is 1. The molecule has 4 nitrogen and oxygen atoms in total. The van der Waals surface area contributed by atoms with Crippen molar-refractivity contribution >= 4 is 18.3 Å². The van der Waals surface area contributed by atoms with Crippen LogP contribution >= 0.6 is 12.4 Å². The number of rotatable bonds is 6. The van der Waals surface area contributed by atoms with E-state index in [4.69, 9.17) is 5.73 Å². The zero-order chi connectivity index (χ0) is 16.4. The number of aryl methyl sites for hydroxylation is 1. The molecule has 24 heavy (non-hydrogen) atoms. The predicted octanol–water partition coefficient (Wildman–Crippen LogP) is 2.65. The Bertz CT molecular complexity index is 558. The number of carbonyl (C=O) groups excluding carboxylic acids is 1. The monoisotopic (exact) mass is 351 g/mol. The van der Waals surface area contributed by atoms with Crippen molar-refractivity contribution in [3.8, 4) is 0 Å². The maximum atomic E-state index is 12.5.